The van der Waals surface area contributed by atoms with Crippen LogP contribution in [0.15, 0.2) is 58.0 Å². The van der Waals surface area contributed by atoms with E-state index in [-0.39, 0.29) is 0 Å². The number of anilines is 1. The van der Waals surface area contributed by atoms with E-state index < -0.39 is 0 Å². The van der Waals surface area contributed by atoms with Crippen molar-refractivity contribution in [3.63, 3.8) is 0 Å². The molecule has 4 nitrogen and oxygen atoms in total. The minimum Gasteiger partial charge on any atom is -0.493 e. The molecule has 0 fully saturated rings. The molecule has 3 aromatic rings. The number of hydrogen-bond donors (Lipinski definition) is 1. The van der Waals surface area contributed by atoms with Crippen LogP contribution in [0.1, 0.15) is 12.5 Å². The zero-order chi connectivity index (χ0) is 17.4. The lowest BCUT2D eigenvalue weighted by atomic mass is 10.0. The van der Waals surface area contributed by atoms with E-state index in [2.05, 4.69) is 39.4 Å². The first-order valence-corrected chi connectivity index (χ1v) is 8.88. The van der Waals surface area contributed by atoms with Gasteiger partial charge in [-0.25, -0.2) is 4.99 Å². The molecule has 1 aliphatic heterocycles. The van der Waals surface area contributed by atoms with Crippen molar-refractivity contribution < 1.29 is 9.47 Å². The van der Waals surface area contributed by atoms with Crippen molar-refractivity contribution >= 4 is 43.9 Å². The Hall–Kier alpha value is -2.53. The van der Waals surface area contributed by atoms with Crippen molar-refractivity contribution in [3.05, 3.63) is 58.6 Å². The molecule has 5 heteroatoms. The second-order valence-corrected chi connectivity index (χ2v) is 6.54. The first-order chi connectivity index (χ1) is 12.2. The third-order valence-corrected chi connectivity index (χ3v) is 4.75. The summed E-state index contributed by atoms with van der Waals surface area (Å²) in [5.74, 6) is 2.16. The van der Waals surface area contributed by atoms with E-state index in [9.17, 15) is 0 Å². The monoisotopic (exact) mass is 396 g/mol. The molecule has 0 saturated heterocycles. The molecule has 0 atom stereocenters. The summed E-state index contributed by atoms with van der Waals surface area (Å²) in [5, 5.41) is 5.76. The quantitative estimate of drug-likeness (QED) is 0.631. The van der Waals surface area contributed by atoms with Crippen LogP contribution in [-0.2, 0) is 0 Å². The largest absolute Gasteiger partial charge is 0.493 e. The lowest BCUT2D eigenvalue weighted by Crippen LogP contribution is -2.16. The van der Waals surface area contributed by atoms with Crippen LogP contribution in [0.25, 0.3) is 10.8 Å². The van der Waals surface area contributed by atoms with Crippen LogP contribution >= 0.6 is 15.9 Å². The predicted octanol–water partition coefficient (Wildman–Crippen LogP) is 5.51. The summed E-state index contributed by atoms with van der Waals surface area (Å²) in [4.78, 5) is 4.81. The summed E-state index contributed by atoms with van der Waals surface area (Å²) in [6, 6.07) is 16.3. The number of rotatable bonds is 4. The summed E-state index contributed by atoms with van der Waals surface area (Å²) in [6.07, 6.45) is 0. The maximum atomic E-state index is 5.67. The van der Waals surface area contributed by atoms with Crippen LogP contribution in [0, 0.1) is 0 Å². The molecule has 0 amide bonds. The van der Waals surface area contributed by atoms with Gasteiger partial charge < -0.3 is 14.8 Å². The lowest BCUT2D eigenvalue weighted by Gasteiger charge is -2.20. The number of nitrogens with one attached hydrogen (secondary N) is 1. The smallest absolute Gasteiger partial charge is 0.175 e. The molecule has 4 rings (SSSR count). The third-order valence-electron chi connectivity index (χ3n) is 4.16. The molecule has 1 N–H and O–H groups in total. The lowest BCUT2D eigenvalue weighted by molar-refractivity contribution is 0.309. The fourth-order valence-corrected chi connectivity index (χ4v) is 3.63. The third kappa shape index (κ3) is 2.74. The summed E-state index contributed by atoms with van der Waals surface area (Å²) in [7, 11) is 1.64. The van der Waals surface area contributed by atoms with Crippen LogP contribution in [-0.4, -0.2) is 19.6 Å². The Morgan fingerprint density at radius 1 is 1.12 bits per heavy atom. The second kappa shape index (κ2) is 6.41. The Balaban J connectivity index is 1.85. The highest BCUT2D eigenvalue weighted by Gasteiger charge is 2.19. The number of benzene rings is 3. The predicted molar refractivity (Wildman–Crippen MR) is 106 cm³/mol. The van der Waals surface area contributed by atoms with E-state index in [1.807, 2.05) is 37.3 Å². The number of nitrogens with zero attached hydrogens (tertiary/aromatic N) is 1. The van der Waals surface area contributed by atoms with Gasteiger partial charge in [0.15, 0.2) is 11.5 Å². The van der Waals surface area contributed by atoms with Gasteiger partial charge in [-0.3, -0.25) is 0 Å². The summed E-state index contributed by atoms with van der Waals surface area (Å²) in [6.45, 7) is 2.52. The Morgan fingerprint density at radius 2 is 1.92 bits per heavy atom. The van der Waals surface area contributed by atoms with Gasteiger partial charge in [0.2, 0.25) is 0 Å². The van der Waals surface area contributed by atoms with Gasteiger partial charge in [0.1, 0.15) is 5.84 Å². The summed E-state index contributed by atoms with van der Waals surface area (Å²) >= 11 is 3.58. The molecule has 0 saturated carbocycles. The highest BCUT2D eigenvalue weighted by molar-refractivity contribution is 9.10. The molecule has 25 heavy (non-hydrogen) atoms. The van der Waals surface area contributed by atoms with Crippen LogP contribution < -0.4 is 14.8 Å². The van der Waals surface area contributed by atoms with E-state index in [1.54, 1.807) is 7.11 Å². The number of hydrogen-bond acceptors (Lipinski definition) is 4. The zero-order valence-electron chi connectivity index (χ0n) is 14.0. The Morgan fingerprint density at radius 3 is 2.68 bits per heavy atom. The van der Waals surface area contributed by atoms with Crippen molar-refractivity contribution in [2.75, 3.05) is 19.0 Å². The van der Waals surface area contributed by atoms with Gasteiger partial charge in [0, 0.05) is 16.6 Å². The SMILES string of the molecule is CCOc1c(Br)cc(C2=Nc3cccc4cccc(c34)N2)cc1OC. The maximum absolute atomic E-state index is 5.67. The molecule has 0 radical (unpaired) electrons. The van der Waals surface area contributed by atoms with Crippen LogP contribution in [0.4, 0.5) is 11.4 Å². The maximum Gasteiger partial charge on any atom is 0.175 e. The van der Waals surface area contributed by atoms with Gasteiger partial charge in [0.25, 0.3) is 0 Å². The van der Waals surface area contributed by atoms with Crippen molar-refractivity contribution in [1.29, 1.82) is 0 Å². The van der Waals surface area contributed by atoms with Gasteiger partial charge >= 0.3 is 0 Å². The van der Waals surface area contributed by atoms with E-state index >= 15 is 0 Å². The highest BCUT2D eigenvalue weighted by atomic mass is 79.9. The minimum atomic E-state index is 0.572. The topological polar surface area (TPSA) is 42.8 Å². The number of methoxy groups -OCH3 is 1. The second-order valence-electron chi connectivity index (χ2n) is 5.69. The molecule has 0 aliphatic carbocycles. The summed E-state index contributed by atoms with van der Waals surface area (Å²) < 4.78 is 12.0. The summed E-state index contributed by atoms with van der Waals surface area (Å²) in [5.41, 5.74) is 2.95. The normalized spacial score (nSPS) is 12.5. The molecule has 0 bridgehead atoms. The van der Waals surface area contributed by atoms with Gasteiger partial charge in [0.05, 0.1) is 23.9 Å². The van der Waals surface area contributed by atoms with Gasteiger partial charge in [-0.15, -0.1) is 0 Å². The van der Waals surface area contributed by atoms with Crippen molar-refractivity contribution in [2.24, 2.45) is 4.99 Å². The van der Waals surface area contributed by atoms with Gasteiger partial charge in [-0.2, -0.15) is 0 Å². The minimum absolute atomic E-state index is 0.572. The molecule has 1 aliphatic rings. The van der Waals surface area contributed by atoms with E-state index in [0.717, 1.165) is 32.6 Å². The van der Waals surface area contributed by atoms with Crippen molar-refractivity contribution in [3.8, 4) is 11.5 Å². The molecular weight excluding hydrogens is 380 g/mol. The number of ether oxygens (including phenoxy) is 2. The Kier molecular flexibility index (Phi) is 4.09. The number of aliphatic imine (C=N–C) groups is 1. The first-order valence-electron chi connectivity index (χ1n) is 8.09. The van der Waals surface area contributed by atoms with E-state index in [1.165, 1.54) is 5.39 Å². The van der Waals surface area contributed by atoms with Crippen molar-refractivity contribution in [1.82, 2.24) is 0 Å². The van der Waals surface area contributed by atoms with Crippen LogP contribution in [0.2, 0.25) is 0 Å². The molecule has 0 aromatic heterocycles. The molecule has 0 unspecified atom stereocenters. The van der Waals surface area contributed by atoms with Crippen molar-refractivity contribution in [2.45, 2.75) is 6.92 Å². The Bertz CT molecular complexity index is 993. The van der Waals surface area contributed by atoms with E-state index in [0.29, 0.717) is 18.1 Å². The highest BCUT2D eigenvalue weighted by Crippen LogP contribution is 2.40. The van der Waals surface area contributed by atoms with Gasteiger partial charge in [-0.05, 0) is 52.5 Å². The average molecular weight is 397 g/mol. The molecule has 0 spiro atoms. The average Bonchev–Trinajstić information content (AvgIpc) is 2.63. The zero-order valence-corrected chi connectivity index (χ0v) is 15.6. The van der Waals surface area contributed by atoms with E-state index in [4.69, 9.17) is 14.5 Å². The molecular formula is C20H17BrN2O2. The first kappa shape index (κ1) is 16.0. The number of halogens is 1. The molecule has 126 valence electrons. The van der Waals surface area contributed by atoms with Crippen LogP contribution in [0.5, 0.6) is 11.5 Å². The molecule has 1 heterocycles. The molecule has 3 aromatic carbocycles. The fourth-order valence-electron chi connectivity index (χ4n) is 3.07. The standard InChI is InChI=1S/C20H17BrN2O2/c1-3-25-19-14(21)10-13(11-17(19)24-2)20-22-15-8-4-6-12-7-5-9-16(23-20)18(12)15/h4-11H,3H2,1-2H3,(H,22,23). The van der Waals surface area contributed by atoms with Crippen LogP contribution in [0.3, 0.4) is 0 Å². The number of amidine groups is 1. The fraction of sp³-hybridized carbons (Fsp3) is 0.150. The van der Waals surface area contributed by atoms with Gasteiger partial charge in [-0.1, -0.05) is 24.3 Å². The Labute approximate surface area is 154 Å².